The van der Waals surface area contributed by atoms with Crippen molar-refractivity contribution in [1.82, 2.24) is 0 Å². The van der Waals surface area contributed by atoms with Gasteiger partial charge in [-0.2, -0.15) is 0 Å². The highest BCUT2D eigenvalue weighted by Crippen LogP contribution is 2.10. The van der Waals surface area contributed by atoms with Crippen LogP contribution in [0.25, 0.3) is 0 Å². The van der Waals surface area contributed by atoms with E-state index in [0.29, 0.717) is 5.69 Å². The number of hydrogen-bond acceptors (Lipinski definition) is 3. The maximum atomic E-state index is 11.5. The Labute approximate surface area is 102 Å². The number of hydrogen-bond donors (Lipinski definition) is 2. The van der Waals surface area contributed by atoms with Crippen LogP contribution < -0.4 is 11.1 Å². The Morgan fingerprint density at radius 2 is 2.06 bits per heavy atom. The lowest BCUT2D eigenvalue weighted by Crippen LogP contribution is -2.21. The molecule has 0 heterocycles. The van der Waals surface area contributed by atoms with Crippen LogP contribution in [0.4, 0.5) is 11.4 Å². The van der Waals surface area contributed by atoms with E-state index < -0.39 is 0 Å². The second kappa shape index (κ2) is 6.91. The third-order valence-corrected chi connectivity index (χ3v) is 2.39. The normalized spacial score (nSPS) is 12.1. The Morgan fingerprint density at radius 3 is 2.65 bits per heavy atom. The molecule has 1 rings (SSSR count). The fraction of sp³-hybridized carbons (Fsp3) is 0.462. The molecule has 1 aromatic rings. The first-order chi connectivity index (χ1) is 8.11. The molecule has 94 valence electrons. The zero-order valence-electron chi connectivity index (χ0n) is 10.4. The van der Waals surface area contributed by atoms with E-state index in [1.807, 2.05) is 6.92 Å². The van der Waals surface area contributed by atoms with Crippen LogP contribution in [0, 0.1) is 0 Å². The highest BCUT2D eigenvalue weighted by molar-refractivity contribution is 5.91. The van der Waals surface area contributed by atoms with E-state index in [-0.39, 0.29) is 18.6 Å². The van der Waals surface area contributed by atoms with Crippen molar-refractivity contribution >= 4 is 17.3 Å². The van der Waals surface area contributed by atoms with Crippen molar-refractivity contribution < 1.29 is 9.53 Å². The molecule has 1 atom stereocenters. The molecule has 0 fully saturated rings. The van der Waals surface area contributed by atoms with E-state index in [2.05, 4.69) is 12.2 Å². The van der Waals surface area contributed by atoms with Gasteiger partial charge in [0.05, 0.1) is 6.10 Å². The Kier molecular flexibility index (Phi) is 5.49. The van der Waals surface area contributed by atoms with Gasteiger partial charge < -0.3 is 15.8 Å². The van der Waals surface area contributed by atoms with Gasteiger partial charge in [0.15, 0.2) is 0 Å². The summed E-state index contributed by atoms with van der Waals surface area (Å²) in [5, 5.41) is 2.75. The first-order valence-electron chi connectivity index (χ1n) is 5.88. The van der Waals surface area contributed by atoms with Crippen LogP contribution in [0.15, 0.2) is 24.3 Å². The van der Waals surface area contributed by atoms with Gasteiger partial charge in [0, 0.05) is 11.4 Å². The average molecular weight is 236 g/mol. The molecule has 0 radical (unpaired) electrons. The van der Waals surface area contributed by atoms with Crippen molar-refractivity contribution in [2.45, 2.75) is 32.8 Å². The molecule has 1 unspecified atom stereocenters. The molecule has 0 saturated heterocycles. The molecule has 17 heavy (non-hydrogen) atoms. The summed E-state index contributed by atoms with van der Waals surface area (Å²) in [5.41, 5.74) is 6.96. The number of nitrogens with two attached hydrogens (primary N) is 1. The number of ether oxygens (including phenoxy) is 1. The topological polar surface area (TPSA) is 64.3 Å². The molecule has 0 aliphatic carbocycles. The Balaban J connectivity index is 2.32. The van der Waals surface area contributed by atoms with E-state index in [0.717, 1.165) is 18.5 Å². The summed E-state index contributed by atoms with van der Waals surface area (Å²) in [6.45, 7) is 4.15. The molecule has 1 aromatic carbocycles. The minimum absolute atomic E-state index is 0.0888. The second-order valence-electron chi connectivity index (χ2n) is 4.08. The lowest BCUT2D eigenvalue weighted by atomic mass is 10.2. The van der Waals surface area contributed by atoms with E-state index in [4.69, 9.17) is 10.5 Å². The van der Waals surface area contributed by atoms with Gasteiger partial charge in [0.2, 0.25) is 5.91 Å². The van der Waals surface area contributed by atoms with Crippen molar-refractivity contribution in [1.29, 1.82) is 0 Å². The molecule has 3 N–H and O–H groups in total. The maximum Gasteiger partial charge on any atom is 0.250 e. The van der Waals surface area contributed by atoms with Gasteiger partial charge in [0.25, 0.3) is 0 Å². The standard InChI is InChI=1S/C13H20N2O2/c1-3-4-10(2)17-9-13(16)15-12-7-5-11(14)6-8-12/h5-8,10H,3-4,9,14H2,1-2H3,(H,15,16). The van der Waals surface area contributed by atoms with E-state index >= 15 is 0 Å². The monoisotopic (exact) mass is 236 g/mol. The second-order valence-corrected chi connectivity index (χ2v) is 4.08. The third-order valence-electron chi connectivity index (χ3n) is 2.39. The SMILES string of the molecule is CCCC(C)OCC(=O)Nc1ccc(N)cc1. The lowest BCUT2D eigenvalue weighted by molar-refractivity contribution is -0.122. The molecular formula is C13H20N2O2. The van der Waals surface area contributed by atoms with Gasteiger partial charge in [-0.15, -0.1) is 0 Å². The molecule has 0 spiro atoms. The summed E-state index contributed by atoms with van der Waals surface area (Å²) in [4.78, 5) is 11.5. The molecule has 0 aliphatic rings. The van der Waals surface area contributed by atoms with Crippen molar-refractivity contribution in [3.05, 3.63) is 24.3 Å². The molecule has 0 bridgehead atoms. The van der Waals surface area contributed by atoms with Crippen molar-refractivity contribution in [2.75, 3.05) is 17.7 Å². The zero-order valence-corrected chi connectivity index (χ0v) is 10.4. The number of carbonyl (C=O) groups excluding carboxylic acids is 1. The van der Waals surface area contributed by atoms with Crippen LogP contribution in [0.5, 0.6) is 0 Å². The van der Waals surface area contributed by atoms with Gasteiger partial charge in [-0.25, -0.2) is 0 Å². The van der Waals surface area contributed by atoms with E-state index in [9.17, 15) is 4.79 Å². The summed E-state index contributed by atoms with van der Waals surface area (Å²) in [6.07, 6.45) is 2.15. The fourth-order valence-corrected chi connectivity index (χ4v) is 1.47. The number of benzene rings is 1. The highest BCUT2D eigenvalue weighted by atomic mass is 16.5. The lowest BCUT2D eigenvalue weighted by Gasteiger charge is -2.11. The fourth-order valence-electron chi connectivity index (χ4n) is 1.47. The summed E-state index contributed by atoms with van der Waals surface area (Å²) >= 11 is 0. The van der Waals surface area contributed by atoms with Gasteiger partial charge in [-0.3, -0.25) is 4.79 Å². The summed E-state index contributed by atoms with van der Waals surface area (Å²) in [6, 6.07) is 7.03. The molecule has 0 aliphatic heterocycles. The number of carbonyl (C=O) groups is 1. The number of nitrogen functional groups attached to an aromatic ring is 1. The van der Waals surface area contributed by atoms with Gasteiger partial charge in [-0.05, 0) is 37.6 Å². The Morgan fingerprint density at radius 1 is 1.41 bits per heavy atom. The van der Waals surface area contributed by atoms with Crippen LogP contribution in [-0.4, -0.2) is 18.6 Å². The molecule has 0 aromatic heterocycles. The number of rotatable bonds is 6. The van der Waals surface area contributed by atoms with Crippen molar-refractivity contribution in [2.24, 2.45) is 0 Å². The summed E-state index contributed by atoms with van der Waals surface area (Å²) in [5.74, 6) is -0.141. The van der Waals surface area contributed by atoms with E-state index in [1.54, 1.807) is 24.3 Å². The largest absolute Gasteiger partial charge is 0.399 e. The number of anilines is 2. The zero-order chi connectivity index (χ0) is 12.7. The van der Waals surface area contributed by atoms with Gasteiger partial charge >= 0.3 is 0 Å². The predicted octanol–water partition coefficient (Wildman–Crippen LogP) is 2.41. The smallest absolute Gasteiger partial charge is 0.250 e. The maximum absolute atomic E-state index is 11.5. The predicted molar refractivity (Wildman–Crippen MR) is 69.8 cm³/mol. The highest BCUT2D eigenvalue weighted by Gasteiger charge is 2.06. The Hall–Kier alpha value is -1.55. The van der Waals surface area contributed by atoms with Crippen LogP contribution >= 0.6 is 0 Å². The summed E-state index contributed by atoms with van der Waals surface area (Å²) in [7, 11) is 0. The van der Waals surface area contributed by atoms with E-state index in [1.165, 1.54) is 0 Å². The minimum Gasteiger partial charge on any atom is -0.399 e. The molecule has 4 nitrogen and oxygen atoms in total. The minimum atomic E-state index is -0.141. The number of nitrogens with one attached hydrogen (secondary N) is 1. The Bertz CT molecular complexity index is 349. The molecule has 0 saturated carbocycles. The third kappa shape index (κ3) is 5.36. The molecular weight excluding hydrogens is 216 g/mol. The number of amides is 1. The van der Waals surface area contributed by atoms with Gasteiger partial charge in [0.1, 0.15) is 6.61 Å². The average Bonchev–Trinajstić information content (AvgIpc) is 2.30. The quantitative estimate of drug-likeness (QED) is 0.745. The van der Waals surface area contributed by atoms with Crippen LogP contribution in [0.1, 0.15) is 26.7 Å². The first-order valence-corrected chi connectivity index (χ1v) is 5.88. The molecule has 4 heteroatoms. The van der Waals surface area contributed by atoms with Crippen molar-refractivity contribution in [3.63, 3.8) is 0 Å². The first kappa shape index (κ1) is 13.5. The van der Waals surface area contributed by atoms with Crippen molar-refractivity contribution in [3.8, 4) is 0 Å². The van der Waals surface area contributed by atoms with Gasteiger partial charge in [-0.1, -0.05) is 13.3 Å². The van der Waals surface area contributed by atoms with Crippen LogP contribution in [-0.2, 0) is 9.53 Å². The summed E-state index contributed by atoms with van der Waals surface area (Å²) < 4.78 is 5.40. The van der Waals surface area contributed by atoms with Crippen LogP contribution in [0.2, 0.25) is 0 Å². The van der Waals surface area contributed by atoms with Crippen LogP contribution in [0.3, 0.4) is 0 Å². The molecule has 1 amide bonds.